The van der Waals surface area contributed by atoms with E-state index in [1.54, 1.807) is 36.1 Å². The van der Waals surface area contributed by atoms with Gasteiger partial charge in [0.15, 0.2) is 5.69 Å². The van der Waals surface area contributed by atoms with Crippen molar-refractivity contribution in [2.24, 2.45) is 0 Å². The minimum Gasteiger partial charge on any atom is -0.444 e. The molecule has 2 aromatic rings. The summed E-state index contributed by atoms with van der Waals surface area (Å²) >= 11 is 0. The smallest absolute Gasteiger partial charge is 0.410 e. The number of carbonyl (C=O) groups is 2. The van der Waals surface area contributed by atoms with E-state index in [9.17, 15) is 9.59 Å². The number of hydrogen-bond donors (Lipinski definition) is 0. The third-order valence-electron chi connectivity index (χ3n) is 4.13. The lowest BCUT2D eigenvalue weighted by Gasteiger charge is -2.27. The maximum absolute atomic E-state index is 12.5. The highest BCUT2D eigenvalue weighted by Crippen LogP contribution is 2.33. The van der Waals surface area contributed by atoms with Crippen LogP contribution in [0.4, 0.5) is 4.79 Å². The van der Waals surface area contributed by atoms with Gasteiger partial charge in [0.1, 0.15) is 23.2 Å². The van der Waals surface area contributed by atoms with E-state index in [1.165, 1.54) is 0 Å². The fourth-order valence-electron chi connectivity index (χ4n) is 2.96. The minimum absolute atomic E-state index is 0.116. The van der Waals surface area contributed by atoms with Gasteiger partial charge in [0.25, 0.3) is 0 Å². The van der Waals surface area contributed by atoms with Gasteiger partial charge in [-0.1, -0.05) is 18.2 Å². The third-order valence-corrected chi connectivity index (χ3v) is 4.13. The molecule has 1 aliphatic heterocycles. The Morgan fingerprint density at radius 3 is 2.59 bits per heavy atom. The molecule has 0 radical (unpaired) electrons. The first-order valence-electron chi connectivity index (χ1n) is 8.99. The number of esters is 1. The monoisotopic (exact) mass is 372 g/mol. The summed E-state index contributed by atoms with van der Waals surface area (Å²) in [4.78, 5) is 30.8. The summed E-state index contributed by atoms with van der Waals surface area (Å²) in [5, 5.41) is 0. The molecule has 7 heteroatoms. The molecule has 0 bridgehead atoms. The van der Waals surface area contributed by atoms with E-state index in [0.29, 0.717) is 30.4 Å². The molecule has 1 amide bonds. The molecule has 0 spiro atoms. The number of para-hydroxylation sites is 1. The van der Waals surface area contributed by atoms with Crippen LogP contribution in [-0.4, -0.2) is 34.1 Å². The van der Waals surface area contributed by atoms with Gasteiger partial charge in [-0.05, 0) is 52.7 Å². The van der Waals surface area contributed by atoms with Crippen molar-refractivity contribution in [2.75, 3.05) is 6.54 Å². The number of ether oxygens (including phenoxy) is 2. The van der Waals surface area contributed by atoms with Crippen LogP contribution in [0.3, 0.4) is 0 Å². The van der Waals surface area contributed by atoms with Gasteiger partial charge in [-0.2, -0.15) is 0 Å². The first-order chi connectivity index (χ1) is 12.7. The molecular weight excluding hydrogens is 348 g/mol. The van der Waals surface area contributed by atoms with Gasteiger partial charge in [-0.3, -0.25) is 4.90 Å². The molecule has 0 saturated carbocycles. The fourth-order valence-corrected chi connectivity index (χ4v) is 2.96. The normalized spacial score (nSPS) is 17.0. The van der Waals surface area contributed by atoms with E-state index in [1.807, 2.05) is 26.8 Å². The van der Waals surface area contributed by atoms with Crippen LogP contribution in [0.2, 0.25) is 0 Å². The molecule has 1 aromatic heterocycles. The Balaban J connectivity index is 1.77. The molecule has 7 nitrogen and oxygen atoms in total. The average Bonchev–Trinajstić information content (AvgIpc) is 3.20. The zero-order valence-corrected chi connectivity index (χ0v) is 16.0. The first-order valence-corrected chi connectivity index (χ1v) is 8.99. The molecule has 0 aliphatic carbocycles. The van der Waals surface area contributed by atoms with Crippen molar-refractivity contribution in [3.05, 3.63) is 47.7 Å². The summed E-state index contributed by atoms with van der Waals surface area (Å²) in [6.45, 7) is 7.69. The SMILES string of the molecule is Cc1oc([C@@H]2CCCN2C(=O)OC(C)(C)C)nc1C(=O)Oc1ccccc1. The molecule has 3 rings (SSSR count). The van der Waals surface area contributed by atoms with Crippen molar-refractivity contribution in [1.82, 2.24) is 9.88 Å². The van der Waals surface area contributed by atoms with Crippen LogP contribution >= 0.6 is 0 Å². The molecule has 1 aromatic carbocycles. The second kappa shape index (κ2) is 7.42. The molecule has 1 atom stereocenters. The van der Waals surface area contributed by atoms with Crippen LogP contribution in [0.5, 0.6) is 5.75 Å². The van der Waals surface area contributed by atoms with Crippen molar-refractivity contribution in [3.63, 3.8) is 0 Å². The van der Waals surface area contributed by atoms with Crippen LogP contribution in [0.15, 0.2) is 34.7 Å². The number of aromatic nitrogens is 1. The summed E-state index contributed by atoms with van der Waals surface area (Å²) in [5.41, 5.74) is -0.466. The van der Waals surface area contributed by atoms with E-state index in [4.69, 9.17) is 13.9 Å². The van der Waals surface area contributed by atoms with Gasteiger partial charge >= 0.3 is 12.1 Å². The summed E-state index contributed by atoms with van der Waals surface area (Å²) in [6.07, 6.45) is 1.11. The Hall–Kier alpha value is -2.83. The number of aryl methyl sites for hydroxylation is 1. The van der Waals surface area contributed by atoms with Crippen LogP contribution in [-0.2, 0) is 4.74 Å². The Labute approximate surface area is 158 Å². The number of nitrogens with zero attached hydrogens (tertiary/aromatic N) is 2. The number of oxazole rings is 1. The highest BCUT2D eigenvalue weighted by Gasteiger charge is 2.37. The highest BCUT2D eigenvalue weighted by atomic mass is 16.6. The number of likely N-dealkylation sites (tertiary alicyclic amines) is 1. The average molecular weight is 372 g/mol. The van der Waals surface area contributed by atoms with E-state index in [0.717, 1.165) is 6.42 Å². The number of amides is 1. The lowest BCUT2D eigenvalue weighted by Crippen LogP contribution is -2.36. The van der Waals surface area contributed by atoms with E-state index < -0.39 is 17.7 Å². The molecule has 2 heterocycles. The number of rotatable bonds is 3. The van der Waals surface area contributed by atoms with Crippen molar-refractivity contribution in [1.29, 1.82) is 0 Å². The van der Waals surface area contributed by atoms with Gasteiger partial charge in [-0.25, -0.2) is 14.6 Å². The standard InChI is InChI=1S/C20H24N2O5/c1-13-16(18(23)26-14-9-6-5-7-10-14)21-17(25-13)15-11-8-12-22(15)19(24)27-20(2,3)4/h5-7,9-10,15H,8,11-12H2,1-4H3/t15-/m0/s1. The van der Waals surface area contributed by atoms with Crippen molar-refractivity contribution in [3.8, 4) is 5.75 Å². The Kier molecular flexibility index (Phi) is 5.21. The maximum Gasteiger partial charge on any atom is 0.410 e. The predicted octanol–water partition coefficient (Wildman–Crippen LogP) is 4.27. The van der Waals surface area contributed by atoms with Crippen LogP contribution in [0.25, 0.3) is 0 Å². The largest absolute Gasteiger partial charge is 0.444 e. The zero-order chi connectivity index (χ0) is 19.6. The second-order valence-corrected chi connectivity index (χ2v) is 7.49. The topological polar surface area (TPSA) is 81.9 Å². The quantitative estimate of drug-likeness (QED) is 0.591. The molecule has 0 unspecified atom stereocenters. The van der Waals surface area contributed by atoms with Crippen molar-refractivity contribution >= 4 is 12.1 Å². The van der Waals surface area contributed by atoms with Gasteiger partial charge in [0, 0.05) is 6.54 Å². The van der Waals surface area contributed by atoms with Gasteiger partial charge in [-0.15, -0.1) is 0 Å². The van der Waals surface area contributed by atoms with E-state index in [-0.39, 0.29) is 11.7 Å². The third kappa shape index (κ3) is 4.48. The molecule has 1 saturated heterocycles. The Morgan fingerprint density at radius 2 is 1.93 bits per heavy atom. The Morgan fingerprint density at radius 1 is 1.22 bits per heavy atom. The fraction of sp³-hybridized carbons (Fsp3) is 0.450. The number of hydrogen-bond acceptors (Lipinski definition) is 6. The van der Waals surface area contributed by atoms with Crippen LogP contribution in [0, 0.1) is 6.92 Å². The number of carbonyl (C=O) groups excluding carboxylic acids is 2. The van der Waals surface area contributed by atoms with Crippen molar-refractivity contribution < 1.29 is 23.5 Å². The summed E-state index contributed by atoms with van der Waals surface area (Å²) in [6, 6.07) is 8.42. The summed E-state index contributed by atoms with van der Waals surface area (Å²) in [7, 11) is 0. The highest BCUT2D eigenvalue weighted by molar-refractivity contribution is 5.90. The molecule has 144 valence electrons. The molecule has 27 heavy (non-hydrogen) atoms. The Bertz CT molecular complexity index is 823. The van der Waals surface area contributed by atoms with Gasteiger partial charge in [0.2, 0.25) is 5.89 Å². The van der Waals surface area contributed by atoms with Crippen LogP contribution < -0.4 is 4.74 Å². The molecule has 1 aliphatic rings. The summed E-state index contributed by atoms with van der Waals surface area (Å²) in [5.74, 6) is 0.538. The predicted molar refractivity (Wildman–Crippen MR) is 97.6 cm³/mol. The van der Waals surface area contributed by atoms with Crippen molar-refractivity contribution in [2.45, 2.75) is 52.2 Å². The summed E-state index contributed by atoms with van der Waals surface area (Å²) < 4.78 is 16.5. The minimum atomic E-state index is -0.587. The molecular formula is C20H24N2O5. The lowest BCUT2D eigenvalue weighted by atomic mass is 10.2. The van der Waals surface area contributed by atoms with Crippen LogP contribution in [0.1, 0.15) is 61.8 Å². The maximum atomic E-state index is 12.5. The molecule has 0 N–H and O–H groups in total. The van der Waals surface area contributed by atoms with E-state index >= 15 is 0 Å². The lowest BCUT2D eigenvalue weighted by molar-refractivity contribution is 0.0203. The van der Waals surface area contributed by atoms with Gasteiger partial charge in [0.05, 0.1) is 0 Å². The number of benzene rings is 1. The first kappa shape index (κ1) is 18.9. The zero-order valence-electron chi connectivity index (χ0n) is 16.0. The van der Waals surface area contributed by atoms with E-state index in [2.05, 4.69) is 4.98 Å². The molecule has 1 fully saturated rings. The second-order valence-electron chi connectivity index (χ2n) is 7.49. The van der Waals surface area contributed by atoms with Gasteiger partial charge < -0.3 is 13.9 Å².